The van der Waals surface area contributed by atoms with Gasteiger partial charge >= 0.3 is 0 Å². The summed E-state index contributed by atoms with van der Waals surface area (Å²) in [5, 5.41) is -0.185. The van der Waals surface area contributed by atoms with E-state index < -0.39 is 19.1 Å². The predicted octanol–water partition coefficient (Wildman–Crippen LogP) is 0.482. The van der Waals surface area contributed by atoms with E-state index in [-0.39, 0.29) is 10.9 Å². The molecule has 2 rings (SSSR count). The smallest absolute Gasteiger partial charge is 0.280 e. The molecule has 1 atom stereocenters. The van der Waals surface area contributed by atoms with Crippen LogP contribution in [0.2, 0.25) is 0 Å². The van der Waals surface area contributed by atoms with Gasteiger partial charge in [-0.2, -0.15) is 0 Å². The Bertz CT molecular complexity index is 683. The average molecular weight is 342 g/mol. The summed E-state index contributed by atoms with van der Waals surface area (Å²) < 4.78 is 48.4. The van der Waals surface area contributed by atoms with Crippen LogP contribution >= 0.6 is 10.7 Å². The number of piperidine rings is 1. The number of halogens is 1. The van der Waals surface area contributed by atoms with Gasteiger partial charge in [-0.05, 0) is 18.8 Å². The number of hydrogen-bond acceptors (Lipinski definition) is 5. The third-order valence-electron chi connectivity index (χ3n) is 3.28. The van der Waals surface area contributed by atoms with Crippen molar-refractivity contribution in [1.29, 1.82) is 0 Å². The molecule has 1 aromatic heterocycles. The Morgan fingerprint density at radius 3 is 2.65 bits per heavy atom. The molecule has 0 spiro atoms. The van der Waals surface area contributed by atoms with Gasteiger partial charge in [0.05, 0.1) is 12.6 Å². The van der Waals surface area contributed by atoms with Crippen LogP contribution in [0.25, 0.3) is 0 Å². The van der Waals surface area contributed by atoms with E-state index in [0.29, 0.717) is 19.6 Å². The Balaban J connectivity index is 2.05. The van der Waals surface area contributed by atoms with Crippen LogP contribution in [0.4, 0.5) is 0 Å². The van der Waals surface area contributed by atoms with Crippen LogP contribution in [0.15, 0.2) is 17.6 Å². The first-order chi connectivity index (χ1) is 9.16. The number of sulfonamides is 1. The third-order valence-corrected chi connectivity index (χ3v) is 5.73. The van der Waals surface area contributed by atoms with E-state index in [2.05, 4.69) is 4.98 Å². The number of nitrogens with zero attached hydrogens (tertiary/aromatic N) is 3. The van der Waals surface area contributed by atoms with Crippen molar-refractivity contribution in [3.8, 4) is 0 Å². The van der Waals surface area contributed by atoms with Crippen molar-refractivity contribution in [2.45, 2.75) is 24.4 Å². The summed E-state index contributed by atoms with van der Waals surface area (Å²) in [6, 6.07) is 0. The van der Waals surface area contributed by atoms with Gasteiger partial charge in [0, 0.05) is 36.5 Å². The first-order valence-corrected chi connectivity index (χ1v) is 10.2. The summed E-state index contributed by atoms with van der Waals surface area (Å²) in [6.45, 7) is 1.51. The van der Waals surface area contributed by atoms with E-state index in [4.69, 9.17) is 10.7 Å². The van der Waals surface area contributed by atoms with Crippen LogP contribution in [0.1, 0.15) is 12.8 Å². The van der Waals surface area contributed by atoms with Gasteiger partial charge < -0.3 is 4.57 Å². The maximum Gasteiger partial charge on any atom is 0.280 e. The molecule has 0 bridgehead atoms. The predicted molar refractivity (Wildman–Crippen MR) is 74.4 cm³/mol. The van der Waals surface area contributed by atoms with Crippen molar-refractivity contribution >= 4 is 29.8 Å². The molecule has 0 radical (unpaired) electrons. The van der Waals surface area contributed by atoms with Crippen LogP contribution in [0.5, 0.6) is 0 Å². The van der Waals surface area contributed by atoms with Crippen molar-refractivity contribution in [3.05, 3.63) is 12.5 Å². The minimum absolute atomic E-state index is 0.138. The normalized spacial score (nSPS) is 22.0. The highest BCUT2D eigenvalue weighted by molar-refractivity contribution is 8.13. The standard InChI is InChI=1S/C10H16ClN3O4S2/c1-19(15,16)14-4-2-3-9(6-14)5-13-7-10(12-8-13)20(11,17)18/h7-9H,2-6H2,1H3. The second-order valence-electron chi connectivity index (χ2n) is 4.98. The lowest BCUT2D eigenvalue weighted by molar-refractivity contribution is 0.246. The fourth-order valence-corrected chi connectivity index (χ4v) is 3.96. The fourth-order valence-electron chi connectivity index (χ4n) is 2.34. The molecule has 0 aliphatic carbocycles. The molecule has 0 aromatic carbocycles. The van der Waals surface area contributed by atoms with Gasteiger partial charge in [0.25, 0.3) is 9.05 Å². The van der Waals surface area contributed by atoms with Gasteiger partial charge in [0.2, 0.25) is 10.0 Å². The van der Waals surface area contributed by atoms with Crippen molar-refractivity contribution in [3.63, 3.8) is 0 Å². The molecule has 114 valence electrons. The van der Waals surface area contributed by atoms with Gasteiger partial charge in [0.15, 0.2) is 5.03 Å². The SMILES string of the molecule is CS(=O)(=O)N1CCCC(Cn2cnc(S(=O)(=O)Cl)c2)C1. The van der Waals surface area contributed by atoms with Crippen LogP contribution in [-0.4, -0.2) is 50.0 Å². The number of hydrogen-bond donors (Lipinski definition) is 0. The molecule has 20 heavy (non-hydrogen) atoms. The van der Waals surface area contributed by atoms with E-state index in [1.54, 1.807) is 4.57 Å². The van der Waals surface area contributed by atoms with Crippen LogP contribution < -0.4 is 0 Å². The maximum absolute atomic E-state index is 11.5. The molecule has 0 N–H and O–H groups in total. The lowest BCUT2D eigenvalue weighted by Crippen LogP contribution is -2.40. The van der Waals surface area contributed by atoms with Crippen LogP contribution in [0, 0.1) is 5.92 Å². The Hall–Kier alpha value is -0.640. The summed E-state index contributed by atoms with van der Waals surface area (Å²) in [7, 11) is -1.79. The van der Waals surface area contributed by atoms with E-state index in [1.807, 2.05) is 0 Å². The molecule has 10 heteroatoms. The average Bonchev–Trinajstić information content (AvgIpc) is 2.76. The topological polar surface area (TPSA) is 89.3 Å². The fraction of sp³-hybridized carbons (Fsp3) is 0.700. The van der Waals surface area contributed by atoms with E-state index in [1.165, 1.54) is 23.1 Å². The zero-order chi connectivity index (χ0) is 15.0. The van der Waals surface area contributed by atoms with Crippen LogP contribution in [0.3, 0.4) is 0 Å². The molecule has 1 fully saturated rings. The van der Waals surface area contributed by atoms with Crippen molar-refractivity contribution in [1.82, 2.24) is 13.9 Å². The minimum atomic E-state index is -3.82. The molecule has 0 saturated carbocycles. The Kier molecular flexibility index (Phi) is 4.43. The maximum atomic E-state index is 11.5. The molecule has 2 heterocycles. The zero-order valence-electron chi connectivity index (χ0n) is 10.9. The number of aromatic nitrogens is 2. The van der Waals surface area contributed by atoms with Gasteiger partial charge in [-0.1, -0.05) is 0 Å². The van der Waals surface area contributed by atoms with E-state index in [0.717, 1.165) is 12.8 Å². The van der Waals surface area contributed by atoms with Crippen LogP contribution in [-0.2, 0) is 25.6 Å². The van der Waals surface area contributed by atoms with Gasteiger partial charge in [-0.25, -0.2) is 26.1 Å². The summed E-state index contributed by atoms with van der Waals surface area (Å²) in [6.07, 6.45) is 5.65. The first kappa shape index (κ1) is 15.7. The summed E-state index contributed by atoms with van der Waals surface area (Å²) in [4.78, 5) is 3.73. The zero-order valence-corrected chi connectivity index (χ0v) is 13.3. The minimum Gasteiger partial charge on any atom is -0.336 e. The highest BCUT2D eigenvalue weighted by Gasteiger charge is 2.26. The molecular weight excluding hydrogens is 326 g/mol. The number of imidazole rings is 1. The van der Waals surface area contributed by atoms with Crippen molar-refractivity contribution in [2.24, 2.45) is 5.92 Å². The van der Waals surface area contributed by atoms with Crippen molar-refractivity contribution in [2.75, 3.05) is 19.3 Å². The molecule has 1 aliphatic rings. The number of rotatable bonds is 4. The second kappa shape index (κ2) is 5.63. The van der Waals surface area contributed by atoms with E-state index >= 15 is 0 Å². The lowest BCUT2D eigenvalue weighted by Gasteiger charge is -2.30. The quantitative estimate of drug-likeness (QED) is 0.743. The molecule has 1 aliphatic heterocycles. The first-order valence-electron chi connectivity index (χ1n) is 6.08. The Labute approximate surface area is 123 Å². The van der Waals surface area contributed by atoms with E-state index in [9.17, 15) is 16.8 Å². The summed E-state index contributed by atoms with van der Waals surface area (Å²) >= 11 is 0. The molecule has 1 saturated heterocycles. The molecule has 7 nitrogen and oxygen atoms in total. The molecule has 0 amide bonds. The lowest BCUT2D eigenvalue weighted by atomic mass is 10.00. The second-order valence-corrected chi connectivity index (χ2v) is 9.47. The van der Waals surface area contributed by atoms with Gasteiger partial charge in [-0.15, -0.1) is 0 Å². The third kappa shape index (κ3) is 3.94. The molecular formula is C10H16ClN3O4S2. The largest absolute Gasteiger partial charge is 0.336 e. The molecule has 1 unspecified atom stereocenters. The monoisotopic (exact) mass is 341 g/mol. The summed E-state index contributed by atoms with van der Waals surface area (Å²) in [5.74, 6) is 0.138. The Morgan fingerprint density at radius 1 is 1.40 bits per heavy atom. The summed E-state index contributed by atoms with van der Waals surface area (Å²) in [5.41, 5.74) is 0. The highest BCUT2D eigenvalue weighted by atomic mass is 35.7. The molecule has 1 aromatic rings. The Morgan fingerprint density at radius 2 is 2.10 bits per heavy atom. The van der Waals surface area contributed by atoms with Gasteiger partial charge in [-0.3, -0.25) is 0 Å². The van der Waals surface area contributed by atoms with Gasteiger partial charge in [0.1, 0.15) is 0 Å². The van der Waals surface area contributed by atoms with Crippen molar-refractivity contribution < 1.29 is 16.8 Å². The highest BCUT2D eigenvalue weighted by Crippen LogP contribution is 2.21.